The minimum atomic E-state index is -0.595. The van der Waals surface area contributed by atoms with Crippen molar-refractivity contribution >= 4 is 17.3 Å². The lowest BCUT2D eigenvalue weighted by Crippen LogP contribution is -2.16. The van der Waals surface area contributed by atoms with Crippen LogP contribution in [-0.4, -0.2) is 37.8 Å². The van der Waals surface area contributed by atoms with Gasteiger partial charge in [-0.15, -0.1) is 0 Å². The molecule has 0 aliphatic heterocycles. The Morgan fingerprint density at radius 1 is 1.39 bits per heavy atom. The quantitative estimate of drug-likeness (QED) is 0.307. The van der Waals surface area contributed by atoms with Crippen molar-refractivity contribution in [2.75, 3.05) is 32.2 Å². The topological polar surface area (TPSA) is 90.7 Å². The molecule has 1 atom stereocenters. The summed E-state index contributed by atoms with van der Waals surface area (Å²) in [4.78, 5) is 22.2. The molecule has 1 aromatic rings. The second-order valence-electron chi connectivity index (χ2n) is 5.12. The molecule has 0 aromatic heterocycles. The number of nitro benzene ring substituents is 1. The number of anilines is 1. The molecule has 0 heterocycles. The molecule has 0 amide bonds. The summed E-state index contributed by atoms with van der Waals surface area (Å²) in [5.74, 6) is -0.232. The highest BCUT2D eigenvalue weighted by Crippen LogP contribution is 2.26. The highest BCUT2D eigenvalue weighted by atomic mass is 16.6. The van der Waals surface area contributed by atoms with Crippen LogP contribution in [0.15, 0.2) is 18.2 Å². The van der Waals surface area contributed by atoms with Crippen LogP contribution in [0.25, 0.3) is 0 Å². The van der Waals surface area contributed by atoms with E-state index in [2.05, 4.69) is 17.0 Å². The Morgan fingerprint density at radius 2 is 2.13 bits per heavy atom. The fraction of sp³-hybridized carbons (Fsp3) is 0.562. The molecule has 0 fully saturated rings. The fourth-order valence-corrected chi connectivity index (χ4v) is 2.18. The largest absolute Gasteiger partial charge is 0.465 e. The molecule has 1 N–H and O–H groups in total. The molecule has 7 heteroatoms. The summed E-state index contributed by atoms with van der Waals surface area (Å²) < 4.78 is 9.93. The number of nitrogens with one attached hydrogen (secondary N) is 1. The normalized spacial score (nSPS) is 11.8. The molecule has 0 radical (unpaired) electrons. The van der Waals surface area contributed by atoms with E-state index >= 15 is 0 Å². The molecule has 0 aliphatic rings. The van der Waals surface area contributed by atoms with Gasteiger partial charge in [0.25, 0.3) is 5.69 Å². The van der Waals surface area contributed by atoms with Gasteiger partial charge in [-0.2, -0.15) is 0 Å². The first kappa shape index (κ1) is 18.9. The predicted octanol–water partition coefficient (Wildman–Crippen LogP) is 3.25. The minimum Gasteiger partial charge on any atom is -0.465 e. The molecule has 1 aromatic carbocycles. The Bertz CT molecular complexity index is 533. The summed E-state index contributed by atoms with van der Waals surface area (Å²) in [6.45, 7) is 6.00. The van der Waals surface area contributed by atoms with E-state index in [4.69, 9.17) is 4.74 Å². The number of nitro groups is 1. The van der Waals surface area contributed by atoms with Crippen LogP contribution < -0.4 is 5.32 Å². The van der Waals surface area contributed by atoms with Gasteiger partial charge in [-0.25, -0.2) is 4.79 Å². The van der Waals surface area contributed by atoms with Crippen molar-refractivity contribution in [2.45, 2.75) is 26.7 Å². The smallest absolute Gasteiger partial charge is 0.338 e. The van der Waals surface area contributed by atoms with Crippen molar-refractivity contribution in [3.05, 3.63) is 33.9 Å². The third-order valence-electron chi connectivity index (χ3n) is 3.65. The van der Waals surface area contributed by atoms with Crippen LogP contribution in [0, 0.1) is 16.0 Å². The Balaban J connectivity index is 2.78. The SMILES string of the molecule is CCOCCC(CC)CNc1ccc(C(=O)OC)cc1[N+](=O)[O-]. The zero-order chi connectivity index (χ0) is 17.2. The second kappa shape index (κ2) is 9.78. The van der Waals surface area contributed by atoms with Crippen molar-refractivity contribution < 1.29 is 19.2 Å². The van der Waals surface area contributed by atoms with Crippen molar-refractivity contribution in [1.82, 2.24) is 0 Å². The molecular formula is C16H24N2O5. The molecule has 0 saturated carbocycles. The van der Waals surface area contributed by atoms with Gasteiger partial charge < -0.3 is 14.8 Å². The average Bonchev–Trinajstić information content (AvgIpc) is 2.57. The molecular weight excluding hydrogens is 300 g/mol. The lowest BCUT2D eigenvalue weighted by molar-refractivity contribution is -0.384. The monoisotopic (exact) mass is 324 g/mol. The van der Waals surface area contributed by atoms with Crippen LogP contribution in [0.1, 0.15) is 37.0 Å². The number of benzene rings is 1. The van der Waals surface area contributed by atoms with Crippen molar-refractivity contribution in [3.63, 3.8) is 0 Å². The van der Waals surface area contributed by atoms with Gasteiger partial charge in [-0.1, -0.05) is 13.3 Å². The lowest BCUT2D eigenvalue weighted by Gasteiger charge is -2.16. The molecule has 23 heavy (non-hydrogen) atoms. The predicted molar refractivity (Wildman–Crippen MR) is 87.8 cm³/mol. The van der Waals surface area contributed by atoms with Crippen molar-refractivity contribution in [3.8, 4) is 0 Å². The van der Waals surface area contributed by atoms with Gasteiger partial charge in [-0.05, 0) is 31.4 Å². The summed E-state index contributed by atoms with van der Waals surface area (Å²) in [5.41, 5.74) is 0.429. The number of hydrogen-bond donors (Lipinski definition) is 1. The van der Waals surface area contributed by atoms with Crippen molar-refractivity contribution in [1.29, 1.82) is 0 Å². The number of methoxy groups -OCH3 is 1. The van der Waals surface area contributed by atoms with E-state index < -0.39 is 10.9 Å². The Labute approximate surface area is 136 Å². The molecule has 7 nitrogen and oxygen atoms in total. The lowest BCUT2D eigenvalue weighted by atomic mass is 10.0. The number of rotatable bonds is 10. The van der Waals surface area contributed by atoms with Crippen LogP contribution in [0.2, 0.25) is 0 Å². The first-order chi connectivity index (χ1) is 11.0. The first-order valence-corrected chi connectivity index (χ1v) is 7.71. The fourth-order valence-electron chi connectivity index (χ4n) is 2.18. The molecule has 128 valence electrons. The molecule has 1 unspecified atom stereocenters. The highest BCUT2D eigenvalue weighted by Gasteiger charge is 2.18. The third kappa shape index (κ3) is 5.86. The van der Waals surface area contributed by atoms with Gasteiger partial charge >= 0.3 is 5.97 Å². The number of carbonyl (C=O) groups excluding carboxylic acids is 1. The highest BCUT2D eigenvalue weighted by molar-refractivity contribution is 5.91. The van der Waals surface area contributed by atoms with Gasteiger partial charge in [0.2, 0.25) is 0 Å². The number of hydrogen-bond acceptors (Lipinski definition) is 6. The van der Waals surface area contributed by atoms with E-state index in [9.17, 15) is 14.9 Å². The van der Waals surface area contributed by atoms with E-state index in [1.54, 1.807) is 6.07 Å². The van der Waals surface area contributed by atoms with Gasteiger partial charge in [0.1, 0.15) is 5.69 Å². The van der Waals surface area contributed by atoms with Crippen LogP contribution >= 0.6 is 0 Å². The van der Waals surface area contributed by atoms with E-state index in [1.807, 2.05) is 6.92 Å². The number of nitrogens with zero attached hydrogens (tertiary/aromatic N) is 1. The Hall–Kier alpha value is -2.15. The molecule has 0 saturated heterocycles. The van der Waals surface area contributed by atoms with E-state index in [1.165, 1.54) is 19.2 Å². The number of carbonyl (C=O) groups is 1. The van der Waals surface area contributed by atoms with Crippen LogP contribution in [0.5, 0.6) is 0 Å². The Kier molecular flexibility index (Phi) is 8.04. The summed E-state index contributed by atoms with van der Waals surface area (Å²) in [7, 11) is 1.24. The maximum Gasteiger partial charge on any atom is 0.338 e. The second-order valence-corrected chi connectivity index (χ2v) is 5.12. The van der Waals surface area contributed by atoms with Crippen LogP contribution in [0.3, 0.4) is 0 Å². The van der Waals surface area contributed by atoms with E-state index in [0.29, 0.717) is 31.4 Å². The summed E-state index contributed by atoms with van der Waals surface area (Å²) in [5, 5.41) is 14.3. The zero-order valence-electron chi connectivity index (χ0n) is 13.8. The van der Waals surface area contributed by atoms with E-state index in [0.717, 1.165) is 12.8 Å². The van der Waals surface area contributed by atoms with Gasteiger partial charge in [0.05, 0.1) is 17.6 Å². The number of ether oxygens (including phenoxy) is 2. The molecule has 0 spiro atoms. The summed E-state index contributed by atoms with van der Waals surface area (Å²) in [6.07, 6.45) is 1.85. The summed E-state index contributed by atoms with van der Waals surface area (Å²) >= 11 is 0. The molecule has 1 rings (SSSR count). The standard InChI is InChI=1S/C16H24N2O5/c1-4-12(8-9-23-5-2)11-17-14-7-6-13(16(19)22-3)10-15(14)18(20)21/h6-7,10,12,17H,4-5,8-9,11H2,1-3H3. The molecule has 0 aliphatic carbocycles. The maximum atomic E-state index is 11.5. The maximum absolute atomic E-state index is 11.5. The van der Waals surface area contributed by atoms with E-state index in [-0.39, 0.29) is 11.3 Å². The Morgan fingerprint density at radius 3 is 2.70 bits per heavy atom. The number of esters is 1. The van der Waals surface area contributed by atoms with Crippen LogP contribution in [-0.2, 0) is 9.47 Å². The van der Waals surface area contributed by atoms with Gasteiger partial charge in [0.15, 0.2) is 0 Å². The van der Waals surface area contributed by atoms with Crippen LogP contribution in [0.4, 0.5) is 11.4 Å². The summed E-state index contributed by atoms with van der Waals surface area (Å²) in [6, 6.07) is 4.29. The zero-order valence-corrected chi connectivity index (χ0v) is 13.8. The van der Waals surface area contributed by atoms with Gasteiger partial charge in [0, 0.05) is 25.8 Å². The third-order valence-corrected chi connectivity index (χ3v) is 3.65. The van der Waals surface area contributed by atoms with Gasteiger partial charge in [-0.3, -0.25) is 10.1 Å². The average molecular weight is 324 g/mol. The minimum absolute atomic E-state index is 0.132. The first-order valence-electron chi connectivity index (χ1n) is 7.71. The molecule has 0 bridgehead atoms. The van der Waals surface area contributed by atoms with Crippen molar-refractivity contribution in [2.24, 2.45) is 5.92 Å².